The molecule has 0 rings (SSSR count). The lowest BCUT2D eigenvalue weighted by atomic mass is 10.1. The van der Waals surface area contributed by atoms with Gasteiger partial charge in [-0.05, 0) is 0 Å². The molecule has 52 valence electrons. The molecule has 0 spiro atoms. The molecule has 0 saturated heterocycles. The molecule has 0 aliphatic rings. The van der Waals surface area contributed by atoms with Gasteiger partial charge in [-0.25, -0.2) is 0 Å². The predicted octanol–water partition coefficient (Wildman–Crippen LogP) is 1.16. The van der Waals surface area contributed by atoms with Crippen LogP contribution in [0.15, 0.2) is 0 Å². The zero-order valence-corrected chi connectivity index (χ0v) is 5.63. The van der Waals surface area contributed by atoms with Crippen LogP contribution in [0.4, 0.5) is 0 Å². The molecule has 0 aromatic heterocycles. The van der Waals surface area contributed by atoms with E-state index in [1.165, 1.54) is 0 Å². The average Bonchev–Trinajstić information content (AvgIpc) is 1.97. The van der Waals surface area contributed by atoms with Gasteiger partial charge in [-0.1, -0.05) is 0 Å². The quantitative estimate of drug-likeness (QED) is 0.582. The summed E-state index contributed by atoms with van der Waals surface area (Å²) >= 11 is 0. The minimum Gasteiger partial charge on any atom is -0.300 e. The van der Waals surface area contributed by atoms with Crippen LogP contribution in [0.3, 0.4) is 0 Å². The number of Topliss-reactive ketones (excluding diaryl/α,β-unsaturated/α-hetero) is 1. The van der Waals surface area contributed by atoms with Crippen molar-refractivity contribution in [3.8, 4) is 12.1 Å². The van der Waals surface area contributed by atoms with Crippen LogP contribution in [0, 0.1) is 22.7 Å². The van der Waals surface area contributed by atoms with Gasteiger partial charge >= 0.3 is 0 Å². The Hall–Kier alpha value is -1.35. The zero-order chi connectivity index (χ0) is 7.82. The molecule has 0 amide bonds. The van der Waals surface area contributed by atoms with E-state index < -0.39 is 0 Å². The van der Waals surface area contributed by atoms with Crippen LogP contribution in [-0.4, -0.2) is 5.78 Å². The average molecular weight is 136 g/mol. The molecule has 0 N–H and O–H groups in total. The normalized spacial score (nSPS) is 7.80. The van der Waals surface area contributed by atoms with Crippen molar-refractivity contribution in [3.63, 3.8) is 0 Å². The first-order valence-electron chi connectivity index (χ1n) is 3.07. The van der Waals surface area contributed by atoms with Crippen molar-refractivity contribution in [2.75, 3.05) is 0 Å². The summed E-state index contributed by atoms with van der Waals surface area (Å²) in [5.41, 5.74) is 0. The number of hydrogen-bond donors (Lipinski definition) is 0. The van der Waals surface area contributed by atoms with Gasteiger partial charge in [-0.15, -0.1) is 0 Å². The minimum atomic E-state index is 0.00287. The van der Waals surface area contributed by atoms with Gasteiger partial charge in [0.15, 0.2) is 0 Å². The van der Waals surface area contributed by atoms with E-state index >= 15 is 0 Å². The molecule has 0 saturated carbocycles. The summed E-state index contributed by atoms with van der Waals surface area (Å²) in [5, 5.41) is 16.1. The van der Waals surface area contributed by atoms with E-state index in [2.05, 4.69) is 0 Å². The number of hydrogen-bond acceptors (Lipinski definition) is 3. The maximum atomic E-state index is 10.7. The van der Waals surface area contributed by atoms with Crippen molar-refractivity contribution >= 4 is 5.78 Å². The van der Waals surface area contributed by atoms with Crippen molar-refractivity contribution in [1.82, 2.24) is 0 Å². The summed E-state index contributed by atoms with van der Waals surface area (Å²) in [6.45, 7) is 0. The van der Waals surface area contributed by atoms with Crippen LogP contribution < -0.4 is 0 Å². The topological polar surface area (TPSA) is 64.7 Å². The van der Waals surface area contributed by atoms with E-state index in [0.717, 1.165) is 0 Å². The van der Waals surface area contributed by atoms with Gasteiger partial charge in [-0.2, -0.15) is 10.5 Å². The monoisotopic (exact) mass is 136 g/mol. The number of nitriles is 2. The van der Waals surface area contributed by atoms with E-state index in [1.54, 1.807) is 0 Å². The first-order chi connectivity index (χ1) is 4.81. The van der Waals surface area contributed by atoms with Gasteiger partial charge < -0.3 is 0 Å². The molecule has 0 unspecified atom stereocenters. The summed E-state index contributed by atoms with van der Waals surface area (Å²) in [7, 11) is 0. The van der Waals surface area contributed by atoms with Crippen LogP contribution >= 0.6 is 0 Å². The zero-order valence-electron chi connectivity index (χ0n) is 5.63. The number of carbonyl (C=O) groups is 1. The molecule has 10 heavy (non-hydrogen) atoms. The third-order valence-corrected chi connectivity index (χ3v) is 1.03. The molecule has 0 bridgehead atoms. The molecule has 0 aliphatic carbocycles. The van der Waals surface area contributed by atoms with Crippen molar-refractivity contribution in [1.29, 1.82) is 10.5 Å². The fraction of sp³-hybridized carbons (Fsp3) is 0.571. The second-order valence-electron chi connectivity index (χ2n) is 1.85. The first kappa shape index (κ1) is 8.65. The second-order valence-corrected chi connectivity index (χ2v) is 1.85. The Balaban J connectivity index is 3.30. The predicted molar refractivity (Wildman–Crippen MR) is 34.7 cm³/mol. The van der Waals surface area contributed by atoms with E-state index in [9.17, 15) is 4.79 Å². The number of nitrogens with zero attached hydrogens (tertiary/aromatic N) is 2. The van der Waals surface area contributed by atoms with Crippen LogP contribution in [0.25, 0.3) is 0 Å². The Morgan fingerprint density at radius 3 is 1.80 bits per heavy atom. The molecule has 0 fully saturated rings. The van der Waals surface area contributed by atoms with Crippen LogP contribution in [0.5, 0.6) is 0 Å². The number of rotatable bonds is 4. The molecule has 3 nitrogen and oxygen atoms in total. The fourth-order valence-corrected chi connectivity index (χ4v) is 0.516. The van der Waals surface area contributed by atoms with Crippen molar-refractivity contribution in [2.24, 2.45) is 0 Å². The lowest BCUT2D eigenvalue weighted by Gasteiger charge is -1.89. The fourth-order valence-electron chi connectivity index (χ4n) is 0.516. The maximum Gasteiger partial charge on any atom is 0.134 e. The molecule has 0 atom stereocenters. The highest BCUT2D eigenvalue weighted by molar-refractivity contribution is 5.78. The van der Waals surface area contributed by atoms with E-state index in [-0.39, 0.29) is 31.5 Å². The lowest BCUT2D eigenvalue weighted by molar-refractivity contribution is -0.118. The first-order valence-corrected chi connectivity index (χ1v) is 3.07. The van der Waals surface area contributed by atoms with Gasteiger partial charge in [0.2, 0.25) is 0 Å². The molecular formula is C7H8N2O. The Morgan fingerprint density at radius 1 is 1.10 bits per heavy atom. The van der Waals surface area contributed by atoms with Crippen LogP contribution in [0.2, 0.25) is 0 Å². The molecule has 0 heterocycles. The van der Waals surface area contributed by atoms with E-state index in [4.69, 9.17) is 10.5 Å². The number of ketones is 1. The summed E-state index contributed by atoms with van der Waals surface area (Å²) in [6.07, 6.45) is 1.12. The Bertz CT molecular complexity index is 165. The van der Waals surface area contributed by atoms with Gasteiger partial charge in [0.25, 0.3) is 0 Å². The standard InChI is InChI=1S/C7H8N2O/c8-5-1-3-7(10)4-2-6-9/h1-4H2. The summed E-state index contributed by atoms with van der Waals surface area (Å²) < 4.78 is 0. The smallest absolute Gasteiger partial charge is 0.134 e. The van der Waals surface area contributed by atoms with E-state index in [0.29, 0.717) is 0 Å². The maximum absolute atomic E-state index is 10.7. The third kappa shape index (κ3) is 4.80. The van der Waals surface area contributed by atoms with Crippen molar-refractivity contribution < 1.29 is 4.79 Å². The minimum absolute atomic E-state index is 0.00287. The van der Waals surface area contributed by atoms with Crippen LogP contribution in [0.1, 0.15) is 25.7 Å². The van der Waals surface area contributed by atoms with Gasteiger partial charge in [0.05, 0.1) is 12.1 Å². The Labute approximate surface area is 59.9 Å². The Kier molecular flexibility index (Phi) is 5.00. The van der Waals surface area contributed by atoms with Gasteiger partial charge in [-0.3, -0.25) is 4.79 Å². The Morgan fingerprint density at radius 2 is 1.50 bits per heavy atom. The van der Waals surface area contributed by atoms with Gasteiger partial charge in [0, 0.05) is 25.7 Å². The van der Waals surface area contributed by atoms with Crippen molar-refractivity contribution in [2.45, 2.75) is 25.7 Å². The summed E-state index contributed by atoms with van der Waals surface area (Å²) in [6, 6.07) is 3.74. The van der Waals surface area contributed by atoms with E-state index in [1.807, 2.05) is 12.1 Å². The SMILES string of the molecule is N#CCCC(=O)CCC#N. The van der Waals surface area contributed by atoms with Crippen LogP contribution in [-0.2, 0) is 4.79 Å². The molecule has 0 aliphatic heterocycles. The lowest BCUT2D eigenvalue weighted by Crippen LogP contribution is -1.95. The second kappa shape index (κ2) is 5.78. The third-order valence-electron chi connectivity index (χ3n) is 1.03. The molecule has 0 radical (unpaired) electrons. The summed E-state index contributed by atoms with van der Waals surface area (Å²) in [5.74, 6) is 0.00287. The largest absolute Gasteiger partial charge is 0.300 e. The molecule has 0 aromatic rings. The van der Waals surface area contributed by atoms with Crippen molar-refractivity contribution in [3.05, 3.63) is 0 Å². The molecule has 3 heteroatoms. The number of carbonyl (C=O) groups excluding carboxylic acids is 1. The molecular weight excluding hydrogens is 128 g/mol. The van der Waals surface area contributed by atoms with Gasteiger partial charge in [0.1, 0.15) is 5.78 Å². The highest BCUT2D eigenvalue weighted by Gasteiger charge is 1.98. The highest BCUT2D eigenvalue weighted by Crippen LogP contribution is 1.96. The highest BCUT2D eigenvalue weighted by atomic mass is 16.1. The summed E-state index contributed by atoms with van der Waals surface area (Å²) in [4.78, 5) is 10.7. The molecule has 0 aromatic carbocycles.